The SMILES string of the molecule is CC(C)(C)c1cc(F)cc(OC(=O)O)c1. The second-order valence-electron chi connectivity index (χ2n) is 4.29. The van der Waals surface area contributed by atoms with Crippen molar-refractivity contribution >= 4 is 6.16 Å². The van der Waals surface area contributed by atoms with E-state index < -0.39 is 12.0 Å². The van der Waals surface area contributed by atoms with Crippen LogP contribution in [-0.2, 0) is 5.41 Å². The Morgan fingerprint density at radius 1 is 1.33 bits per heavy atom. The van der Waals surface area contributed by atoms with E-state index in [1.165, 1.54) is 12.1 Å². The number of hydrogen-bond acceptors (Lipinski definition) is 2. The van der Waals surface area contributed by atoms with E-state index in [9.17, 15) is 9.18 Å². The van der Waals surface area contributed by atoms with E-state index in [4.69, 9.17) is 5.11 Å². The minimum absolute atomic E-state index is 0.00688. The van der Waals surface area contributed by atoms with Crippen LogP contribution in [0.2, 0.25) is 0 Å². The van der Waals surface area contributed by atoms with Crippen LogP contribution >= 0.6 is 0 Å². The maximum atomic E-state index is 13.1. The van der Waals surface area contributed by atoms with Gasteiger partial charge in [0.2, 0.25) is 0 Å². The van der Waals surface area contributed by atoms with Crippen molar-refractivity contribution in [2.75, 3.05) is 0 Å². The minimum Gasteiger partial charge on any atom is -0.449 e. The van der Waals surface area contributed by atoms with Crippen LogP contribution in [0.3, 0.4) is 0 Å². The zero-order valence-corrected chi connectivity index (χ0v) is 8.87. The molecule has 0 aliphatic rings. The van der Waals surface area contributed by atoms with Gasteiger partial charge in [-0.2, -0.15) is 0 Å². The molecule has 0 aliphatic heterocycles. The van der Waals surface area contributed by atoms with Gasteiger partial charge in [0.05, 0.1) is 0 Å². The Hall–Kier alpha value is -1.58. The number of halogens is 1. The average Bonchev–Trinajstić information content (AvgIpc) is 1.99. The Morgan fingerprint density at radius 3 is 2.40 bits per heavy atom. The molecule has 4 heteroatoms. The number of ether oxygens (including phenoxy) is 1. The molecule has 0 radical (unpaired) electrons. The lowest BCUT2D eigenvalue weighted by Crippen LogP contribution is -2.12. The van der Waals surface area contributed by atoms with Crippen LogP contribution in [-0.4, -0.2) is 11.3 Å². The average molecular weight is 212 g/mol. The molecule has 0 aromatic heterocycles. The molecule has 0 amide bonds. The van der Waals surface area contributed by atoms with E-state index in [1.54, 1.807) is 0 Å². The fourth-order valence-corrected chi connectivity index (χ4v) is 1.16. The highest BCUT2D eigenvalue weighted by molar-refractivity contribution is 5.61. The van der Waals surface area contributed by atoms with Crippen molar-refractivity contribution in [3.05, 3.63) is 29.6 Å². The summed E-state index contributed by atoms with van der Waals surface area (Å²) in [6.45, 7) is 5.73. The molecule has 1 N–H and O–H groups in total. The summed E-state index contributed by atoms with van der Waals surface area (Å²) in [7, 11) is 0. The number of rotatable bonds is 1. The summed E-state index contributed by atoms with van der Waals surface area (Å²) in [5.74, 6) is -0.494. The van der Waals surface area contributed by atoms with E-state index in [0.717, 1.165) is 6.07 Å². The molecule has 0 bridgehead atoms. The van der Waals surface area contributed by atoms with Crippen LogP contribution < -0.4 is 4.74 Å². The van der Waals surface area contributed by atoms with E-state index >= 15 is 0 Å². The van der Waals surface area contributed by atoms with Crippen LogP contribution in [0.5, 0.6) is 5.75 Å². The number of carbonyl (C=O) groups is 1. The minimum atomic E-state index is -1.44. The third kappa shape index (κ3) is 3.23. The van der Waals surface area contributed by atoms with Gasteiger partial charge in [0.15, 0.2) is 0 Å². The predicted octanol–water partition coefficient (Wildman–Crippen LogP) is 3.18. The summed E-state index contributed by atoms with van der Waals surface area (Å²) in [5, 5.41) is 8.41. The molecule has 1 aromatic rings. The van der Waals surface area contributed by atoms with Gasteiger partial charge in [-0.3, -0.25) is 0 Å². The Kier molecular flexibility index (Phi) is 2.98. The summed E-state index contributed by atoms with van der Waals surface area (Å²) >= 11 is 0. The van der Waals surface area contributed by atoms with Crippen molar-refractivity contribution in [2.45, 2.75) is 26.2 Å². The van der Waals surface area contributed by atoms with Crippen LogP contribution in [0, 0.1) is 5.82 Å². The fraction of sp³-hybridized carbons (Fsp3) is 0.364. The highest BCUT2D eigenvalue weighted by Gasteiger charge is 2.16. The first-order chi connectivity index (χ1) is 6.79. The largest absolute Gasteiger partial charge is 0.511 e. The zero-order chi connectivity index (χ0) is 11.6. The molecule has 0 saturated carbocycles. The van der Waals surface area contributed by atoms with Gasteiger partial charge in [-0.1, -0.05) is 20.8 Å². The van der Waals surface area contributed by atoms with E-state index in [1.807, 2.05) is 20.8 Å². The third-order valence-electron chi connectivity index (χ3n) is 1.94. The summed E-state index contributed by atoms with van der Waals surface area (Å²) in [5.41, 5.74) is 0.442. The molecule has 0 atom stereocenters. The van der Waals surface area contributed by atoms with Crippen molar-refractivity contribution in [1.82, 2.24) is 0 Å². The van der Waals surface area contributed by atoms with Crippen molar-refractivity contribution in [2.24, 2.45) is 0 Å². The van der Waals surface area contributed by atoms with Crippen LogP contribution in [0.15, 0.2) is 18.2 Å². The first-order valence-electron chi connectivity index (χ1n) is 4.51. The summed E-state index contributed by atoms with van der Waals surface area (Å²) in [6.07, 6.45) is -1.44. The fourth-order valence-electron chi connectivity index (χ4n) is 1.16. The molecule has 1 rings (SSSR count). The standard InChI is InChI=1S/C11H13FO3/c1-11(2,3)7-4-8(12)6-9(5-7)15-10(13)14/h4-6H,1-3H3,(H,13,14). The molecular formula is C11H13FO3. The number of benzene rings is 1. The van der Waals surface area contributed by atoms with Crippen molar-refractivity contribution in [3.63, 3.8) is 0 Å². The van der Waals surface area contributed by atoms with Crippen LogP contribution in [0.1, 0.15) is 26.3 Å². The van der Waals surface area contributed by atoms with Crippen molar-refractivity contribution in [3.8, 4) is 5.75 Å². The van der Waals surface area contributed by atoms with E-state index in [-0.39, 0.29) is 11.2 Å². The smallest absolute Gasteiger partial charge is 0.449 e. The Labute approximate surface area is 87.5 Å². The molecular weight excluding hydrogens is 199 g/mol. The highest BCUT2D eigenvalue weighted by Crippen LogP contribution is 2.27. The van der Waals surface area contributed by atoms with Gasteiger partial charge in [0, 0.05) is 6.07 Å². The van der Waals surface area contributed by atoms with Crippen LogP contribution in [0.4, 0.5) is 9.18 Å². The molecule has 0 fully saturated rings. The van der Waals surface area contributed by atoms with Gasteiger partial charge in [-0.05, 0) is 23.1 Å². The zero-order valence-electron chi connectivity index (χ0n) is 8.87. The van der Waals surface area contributed by atoms with Gasteiger partial charge in [0.1, 0.15) is 11.6 Å². The molecule has 15 heavy (non-hydrogen) atoms. The molecule has 0 unspecified atom stereocenters. The van der Waals surface area contributed by atoms with Gasteiger partial charge in [0.25, 0.3) is 0 Å². The number of carboxylic acid groups (broad SMARTS) is 1. The Bertz CT molecular complexity index is 380. The van der Waals surface area contributed by atoms with Crippen molar-refractivity contribution in [1.29, 1.82) is 0 Å². The summed E-state index contributed by atoms with van der Waals surface area (Å²) in [6, 6.07) is 3.94. The van der Waals surface area contributed by atoms with Gasteiger partial charge >= 0.3 is 6.16 Å². The second-order valence-corrected chi connectivity index (χ2v) is 4.29. The lowest BCUT2D eigenvalue weighted by atomic mass is 9.87. The normalized spacial score (nSPS) is 11.2. The molecule has 0 spiro atoms. The van der Waals surface area contributed by atoms with Crippen molar-refractivity contribution < 1.29 is 19.0 Å². The van der Waals surface area contributed by atoms with Gasteiger partial charge in [-0.25, -0.2) is 9.18 Å². The highest BCUT2D eigenvalue weighted by atomic mass is 19.1. The Balaban J connectivity index is 3.11. The second kappa shape index (κ2) is 3.88. The monoisotopic (exact) mass is 212 g/mol. The summed E-state index contributed by atoms with van der Waals surface area (Å²) in [4.78, 5) is 10.3. The van der Waals surface area contributed by atoms with Gasteiger partial charge < -0.3 is 9.84 Å². The lowest BCUT2D eigenvalue weighted by Gasteiger charge is -2.19. The molecule has 0 saturated heterocycles. The molecule has 0 heterocycles. The first-order valence-corrected chi connectivity index (χ1v) is 4.51. The quantitative estimate of drug-likeness (QED) is 0.574. The first kappa shape index (κ1) is 11.5. The van der Waals surface area contributed by atoms with E-state index in [2.05, 4.69) is 4.74 Å². The molecule has 0 aliphatic carbocycles. The Morgan fingerprint density at radius 2 is 1.93 bits per heavy atom. The topological polar surface area (TPSA) is 46.5 Å². The van der Waals surface area contributed by atoms with Gasteiger partial charge in [-0.15, -0.1) is 0 Å². The van der Waals surface area contributed by atoms with E-state index in [0.29, 0.717) is 5.56 Å². The molecule has 3 nitrogen and oxygen atoms in total. The molecule has 1 aromatic carbocycles. The predicted molar refractivity (Wildman–Crippen MR) is 53.8 cm³/mol. The summed E-state index contributed by atoms with van der Waals surface area (Å²) < 4.78 is 17.5. The number of hydrogen-bond donors (Lipinski definition) is 1. The maximum Gasteiger partial charge on any atom is 0.511 e. The lowest BCUT2D eigenvalue weighted by molar-refractivity contribution is 0.144. The maximum absolute atomic E-state index is 13.1. The van der Waals surface area contributed by atoms with Crippen LogP contribution in [0.25, 0.3) is 0 Å². The molecule has 82 valence electrons. The third-order valence-corrected chi connectivity index (χ3v) is 1.94.